The molecule has 2 heterocycles. The van der Waals surface area contributed by atoms with E-state index in [4.69, 9.17) is 0 Å². The van der Waals surface area contributed by atoms with Crippen LogP contribution in [0.25, 0.3) is 0 Å². The van der Waals surface area contributed by atoms with Gasteiger partial charge in [0.05, 0.1) is 0 Å². The minimum absolute atomic E-state index is 0.635. The van der Waals surface area contributed by atoms with Gasteiger partial charge in [-0.05, 0) is 12.8 Å². The second-order valence-corrected chi connectivity index (χ2v) is 3.96. The third-order valence-corrected chi connectivity index (χ3v) is 3.11. The first kappa shape index (κ1) is 8.27. The Morgan fingerprint density at radius 2 is 2.17 bits per heavy atom. The predicted octanol–water partition coefficient (Wildman–Crippen LogP) is 0.902. The van der Waals surface area contributed by atoms with Gasteiger partial charge in [-0.3, -0.25) is 0 Å². The lowest BCUT2D eigenvalue weighted by molar-refractivity contribution is 0.305. The van der Waals surface area contributed by atoms with Gasteiger partial charge in [0.25, 0.3) is 0 Å². The van der Waals surface area contributed by atoms with Crippen molar-refractivity contribution in [2.45, 2.75) is 31.3 Å². The maximum absolute atomic E-state index is 3.89. The van der Waals surface area contributed by atoms with Crippen LogP contribution in [0.1, 0.15) is 19.3 Å². The summed E-state index contributed by atoms with van der Waals surface area (Å²) in [5, 5.41) is 7.17. The average Bonchev–Trinajstić information content (AvgIpc) is 2.25. The molecule has 2 rings (SSSR count). The van der Waals surface area contributed by atoms with Crippen molar-refractivity contribution in [2.75, 3.05) is 13.1 Å². The van der Waals surface area contributed by atoms with E-state index in [1.165, 1.54) is 19.3 Å². The molecule has 0 amide bonds. The van der Waals surface area contributed by atoms with Gasteiger partial charge in [-0.15, -0.1) is 6.58 Å². The van der Waals surface area contributed by atoms with Gasteiger partial charge in [0.1, 0.15) is 0 Å². The highest BCUT2D eigenvalue weighted by Gasteiger charge is 2.28. The first-order valence-corrected chi connectivity index (χ1v) is 4.99. The molecule has 0 spiro atoms. The van der Waals surface area contributed by atoms with Gasteiger partial charge in [0.15, 0.2) is 0 Å². The smallest absolute Gasteiger partial charge is 0.0195 e. The number of piperidine rings is 1. The summed E-state index contributed by atoms with van der Waals surface area (Å²) in [5.41, 5.74) is 0. The van der Waals surface area contributed by atoms with E-state index in [0.717, 1.165) is 13.1 Å². The quantitative estimate of drug-likeness (QED) is 0.566. The lowest BCUT2D eigenvalue weighted by Crippen LogP contribution is -2.45. The summed E-state index contributed by atoms with van der Waals surface area (Å²) in [4.78, 5) is 0. The molecule has 0 aromatic rings. The fourth-order valence-electron chi connectivity index (χ4n) is 2.37. The topological polar surface area (TPSA) is 24.1 Å². The molecule has 2 bridgehead atoms. The molecule has 0 aromatic carbocycles. The Kier molecular flexibility index (Phi) is 2.47. The van der Waals surface area contributed by atoms with Gasteiger partial charge in [-0.1, -0.05) is 12.5 Å². The Balaban J connectivity index is 2.05. The van der Waals surface area contributed by atoms with Crippen LogP contribution in [-0.2, 0) is 0 Å². The van der Waals surface area contributed by atoms with Crippen LogP contribution in [0.5, 0.6) is 0 Å². The van der Waals surface area contributed by atoms with Crippen LogP contribution in [0.15, 0.2) is 12.7 Å². The van der Waals surface area contributed by atoms with Crippen molar-refractivity contribution in [3.05, 3.63) is 12.7 Å². The molecule has 12 heavy (non-hydrogen) atoms. The Labute approximate surface area is 74.4 Å². The average molecular weight is 166 g/mol. The molecular weight excluding hydrogens is 148 g/mol. The van der Waals surface area contributed by atoms with Crippen molar-refractivity contribution in [3.63, 3.8) is 0 Å². The van der Waals surface area contributed by atoms with Gasteiger partial charge in [-0.25, -0.2) is 0 Å². The molecule has 3 atom stereocenters. The SMILES string of the molecule is C=CC1CNCC2CCCC1N2. The highest BCUT2D eigenvalue weighted by Crippen LogP contribution is 2.21. The predicted molar refractivity (Wildman–Crippen MR) is 51.1 cm³/mol. The van der Waals surface area contributed by atoms with Gasteiger partial charge in [0.2, 0.25) is 0 Å². The number of hydrogen-bond acceptors (Lipinski definition) is 2. The molecule has 68 valence electrons. The molecule has 2 N–H and O–H groups in total. The van der Waals surface area contributed by atoms with Crippen molar-refractivity contribution in [1.29, 1.82) is 0 Å². The molecule has 0 radical (unpaired) electrons. The van der Waals surface area contributed by atoms with Crippen LogP contribution in [-0.4, -0.2) is 25.2 Å². The van der Waals surface area contributed by atoms with E-state index in [-0.39, 0.29) is 0 Å². The number of hydrogen-bond donors (Lipinski definition) is 2. The largest absolute Gasteiger partial charge is 0.315 e. The van der Waals surface area contributed by atoms with E-state index >= 15 is 0 Å². The van der Waals surface area contributed by atoms with E-state index in [9.17, 15) is 0 Å². The lowest BCUT2D eigenvalue weighted by Gasteiger charge is -2.30. The molecule has 2 saturated heterocycles. The molecule has 0 aromatic heterocycles. The Morgan fingerprint density at radius 3 is 3.00 bits per heavy atom. The summed E-state index contributed by atoms with van der Waals surface area (Å²) >= 11 is 0. The van der Waals surface area contributed by atoms with Gasteiger partial charge in [0, 0.05) is 31.1 Å². The normalized spacial score (nSPS) is 41.8. The number of nitrogens with one attached hydrogen (secondary N) is 2. The first-order chi connectivity index (χ1) is 5.90. The molecule has 2 fully saturated rings. The fraction of sp³-hybridized carbons (Fsp3) is 0.800. The first-order valence-electron chi connectivity index (χ1n) is 4.99. The van der Waals surface area contributed by atoms with E-state index < -0.39 is 0 Å². The van der Waals surface area contributed by atoms with Crippen molar-refractivity contribution in [2.24, 2.45) is 5.92 Å². The second-order valence-electron chi connectivity index (χ2n) is 3.96. The standard InChI is InChI=1S/C10H18N2/c1-2-8-6-11-7-9-4-3-5-10(8)12-9/h2,8-12H,1,3-7H2. The molecule has 2 heteroatoms. The van der Waals surface area contributed by atoms with E-state index in [1.54, 1.807) is 0 Å². The lowest BCUT2D eigenvalue weighted by atomic mass is 9.91. The summed E-state index contributed by atoms with van der Waals surface area (Å²) in [6.07, 6.45) is 6.15. The summed E-state index contributed by atoms with van der Waals surface area (Å²) in [5.74, 6) is 0.635. The highest BCUT2D eigenvalue weighted by atomic mass is 15.1. The van der Waals surface area contributed by atoms with Crippen LogP contribution in [0, 0.1) is 5.92 Å². The monoisotopic (exact) mass is 166 g/mol. The number of rotatable bonds is 1. The van der Waals surface area contributed by atoms with E-state index in [1.807, 2.05) is 0 Å². The minimum Gasteiger partial charge on any atom is -0.315 e. The Morgan fingerprint density at radius 1 is 1.25 bits per heavy atom. The van der Waals surface area contributed by atoms with Gasteiger partial charge in [-0.2, -0.15) is 0 Å². The second kappa shape index (κ2) is 3.58. The van der Waals surface area contributed by atoms with Crippen LogP contribution in [0.3, 0.4) is 0 Å². The summed E-state index contributed by atoms with van der Waals surface area (Å²) in [6, 6.07) is 1.41. The zero-order valence-corrected chi connectivity index (χ0v) is 7.55. The van der Waals surface area contributed by atoms with Crippen molar-refractivity contribution in [1.82, 2.24) is 10.6 Å². The molecule has 2 aliphatic heterocycles. The molecule has 0 saturated carbocycles. The summed E-state index contributed by atoms with van der Waals surface area (Å²) in [7, 11) is 0. The van der Waals surface area contributed by atoms with Gasteiger partial charge >= 0.3 is 0 Å². The Bertz CT molecular complexity index is 167. The summed E-state index contributed by atoms with van der Waals surface area (Å²) in [6.45, 7) is 6.14. The van der Waals surface area contributed by atoms with Crippen LogP contribution in [0.4, 0.5) is 0 Å². The molecule has 0 aliphatic carbocycles. The zero-order valence-electron chi connectivity index (χ0n) is 7.55. The molecule has 2 nitrogen and oxygen atoms in total. The number of fused-ring (bicyclic) bond motifs is 2. The van der Waals surface area contributed by atoms with E-state index in [0.29, 0.717) is 18.0 Å². The van der Waals surface area contributed by atoms with Crippen LogP contribution in [0.2, 0.25) is 0 Å². The highest BCUT2D eigenvalue weighted by molar-refractivity contribution is 4.97. The maximum atomic E-state index is 3.89. The maximum Gasteiger partial charge on any atom is 0.0195 e. The van der Waals surface area contributed by atoms with E-state index in [2.05, 4.69) is 23.3 Å². The molecule has 2 aliphatic rings. The fourth-order valence-corrected chi connectivity index (χ4v) is 2.37. The third kappa shape index (κ3) is 1.54. The zero-order chi connectivity index (χ0) is 8.39. The van der Waals surface area contributed by atoms with Gasteiger partial charge < -0.3 is 10.6 Å². The van der Waals surface area contributed by atoms with Crippen molar-refractivity contribution in [3.8, 4) is 0 Å². The third-order valence-electron chi connectivity index (χ3n) is 3.11. The minimum atomic E-state index is 0.635. The van der Waals surface area contributed by atoms with Crippen molar-refractivity contribution >= 4 is 0 Å². The Hall–Kier alpha value is -0.340. The molecule has 3 unspecified atom stereocenters. The summed E-state index contributed by atoms with van der Waals surface area (Å²) < 4.78 is 0. The van der Waals surface area contributed by atoms with Crippen molar-refractivity contribution < 1.29 is 0 Å². The van der Waals surface area contributed by atoms with Crippen LogP contribution >= 0.6 is 0 Å². The molecular formula is C10H18N2. The van der Waals surface area contributed by atoms with Crippen LogP contribution < -0.4 is 10.6 Å².